The fourth-order valence-corrected chi connectivity index (χ4v) is 9.98. The van der Waals surface area contributed by atoms with Crippen LogP contribution in [0.15, 0.2) is 10.5 Å². The van der Waals surface area contributed by atoms with E-state index in [4.69, 9.17) is 9.84 Å². The Kier molecular flexibility index (Phi) is 8.21. The molecule has 4 bridgehead atoms. The van der Waals surface area contributed by atoms with E-state index in [1.54, 1.807) is 18.0 Å². The Bertz CT molecular complexity index is 1160. The van der Waals surface area contributed by atoms with E-state index in [2.05, 4.69) is 15.4 Å². The summed E-state index contributed by atoms with van der Waals surface area (Å²) in [5.41, 5.74) is 1.34. The molecular weight excluding hydrogens is 532 g/mol. The van der Waals surface area contributed by atoms with Crippen molar-refractivity contribution < 1.29 is 19.4 Å². The lowest BCUT2D eigenvalue weighted by atomic mass is 9.54. The number of thiazole rings is 1. The van der Waals surface area contributed by atoms with Crippen LogP contribution in [-0.2, 0) is 17.8 Å². The van der Waals surface area contributed by atoms with Gasteiger partial charge in [-0.1, -0.05) is 31.0 Å². The van der Waals surface area contributed by atoms with Gasteiger partial charge in [-0.3, -0.25) is 9.59 Å². The summed E-state index contributed by atoms with van der Waals surface area (Å²) in [6, 6.07) is 0.281. The Balaban J connectivity index is 1.13. The van der Waals surface area contributed by atoms with Crippen molar-refractivity contribution in [2.75, 3.05) is 12.4 Å². The number of carboxylic acid groups (broad SMARTS) is 1. The van der Waals surface area contributed by atoms with Crippen LogP contribution in [0.4, 0.5) is 0 Å². The van der Waals surface area contributed by atoms with Crippen LogP contribution < -0.4 is 10.1 Å². The van der Waals surface area contributed by atoms with Crippen LogP contribution in [0.3, 0.4) is 0 Å². The van der Waals surface area contributed by atoms with E-state index in [0.717, 1.165) is 26.7 Å². The number of aromatic nitrogens is 3. The summed E-state index contributed by atoms with van der Waals surface area (Å²) in [6.07, 6.45) is 14.3. The number of amides is 1. The number of carboxylic acids is 1. The molecule has 7 rings (SSSR count). The highest BCUT2D eigenvalue weighted by molar-refractivity contribution is 8.01. The molecule has 0 saturated heterocycles. The molecule has 0 atom stereocenters. The van der Waals surface area contributed by atoms with Crippen LogP contribution in [0.2, 0.25) is 0 Å². The van der Waals surface area contributed by atoms with Crippen molar-refractivity contribution in [1.82, 2.24) is 20.1 Å². The largest absolute Gasteiger partial charge is 0.481 e. The molecular formula is C29H40N4O4S2. The van der Waals surface area contributed by atoms with Crippen LogP contribution >= 0.6 is 23.1 Å². The molecule has 2 aromatic rings. The molecule has 5 saturated carbocycles. The number of nitrogens with zero attached hydrogens (tertiary/aromatic N) is 3. The molecule has 2 N–H and O–H groups in total. The molecule has 0 unspecified atom stereocenters. The van der Waals surface area contributed by atoms with Gasteiger partial charge in [0.05, 0.1) is 31.5 Å². The van der Waals surface area contributed by atoms with Gasteiger partial charge in [0.2, 0.25) is 5.88 Å². The molecule has 5 aliphatic rings. The second-order valence-electron chi connectivity index (χ2n) is 12.2. The van der Waals surface area contributed by atoms with E-state index in [1.165, 1.54) is 75.5 Å². The molecule has 212 valence electrons. The molecule has 0 aliphatic heterocycles. The van der Waals surface area contributed by atoms with Crippen molar-refractivity contribution in [1.29, 1.82) is 0 Å². The van der Waals surface area contributed by atoms with Gasteiger partial charge in [0, 0.05) is 16.7 Å². The third kappa shape index (κ3) is 6.16. The molecule has 5 fully saturated rings. The van der Waals surface area contributed by atoms with E-state index < -0.39 is 5.97 Å². The average molecular weight is 573 g/mol. The maximum absolute atomic E-state index is 13.6. The highest BCUT2D eigenvalue weighted by atomic mass is 32.2. The topological polar surface area (TPSA) is 106 Å². The third-order valence-electron chi connectivity index (χ3n) is 9.45. The number of nitrogens with one attached hydrogen (secondary N) is 1. The minimum absolute atomic E-state index is 0.00482. The van der Waals surface area contributed by atoms with E-state index >= 15 is 0 Å². The van der Waals surface area contributed by atoms with Gasteiger partial charge in [0.15, 0.2) is 0 Å². The van der Waals surface area contributed by atoms with Gasteiger partial charge < -0.3 is 15.2 Å². The molecule has 0 spiro atoms. The number of ether oxygens (including phenoxy) is 1. The number of aryl methyl sites for hydroxylation is 2. The molecule has 8 nitrogen and oxygen atoms in total. The zero-order chi connectivity index (χ0) is 26.9. The van der Waals surface area contributed by atoms with E-state index in [-0.39, 0.29) is 18.4 Å². The Hall–Kier alpha value is -2.07. The highest BCUT2D eigenvalue weighted by Crippen LogP contribution is 2.53. The second-order valence-corrected chi connectivity index (χ2v) is 14.7. The van der Waals surface area contributed by atoms with Gasteiger partial charge >= 0.3 is 5.97 Å². The summed E-state index contributed by atoms with van der Waals surface area (Å²) in [5, 5.41) is 17.2. The number of rotatable bonds is 11. The van der Waals surface area contributed by atoms with Gasteiger partial charge in [0.1, 0.15) is 9.90 Å². The quantitative estimate of drug-likeness (QED) is 0.339. The van der Waals surface area contributed by atoms with Gasteiger partial charge in [-0.25, -0.2) is 9.67 Å². The van der Waals surface area contributed by atoms with Gasteiger partial charge in [-0.05, 0) is 81.5 Å². The fourth-order valence-electron chi connectivity index (χ4n) is 7.77. The first-order chi connectivity index (χ1) is 18.9. The average Bonchev–Trinajstić information content (AvgIpc) is 3.47. The van der Waals surface area contributed by atoms with Crippen molar-refractivity contribution in [3.05, 3.63) is 22.3 Å². The van der Waals surface area contributed by atoms with Gasteiger partial charge in [-0.2, -0.15) is 5.10 Å². The number of carbonyl (C=O) groups excluding carboxylic acids is 1. The smallest absolute Gasteiger partial charge is 0.308 e. The summed E-state index contributed by atoms with van der Waals surface area (Å²) in [4.78, 5) is 30.1. The normalized spacial score (nSPS) is 28.1. The minimum atomic E-state index is -0.839. The number of thioether (sulfide) groups is 1. The van der Waals surface area contributed by atoms with Crippen molar-refractivity contribution in [3.8, 4) is 5.88 Å². The maximum Gasteiger partial charge on any atom is 0.308 e. The molecule has 0 aromatic carbocycles. The van der Waals surface area contributed by atoms with Gasteiger partial charge in [-0.15, -0.1) is 11.3 Å². The first-order valence-electron chi connectivity index (χ1n) is 14.7. The van der Waals surface area contributed by atoms with Crippen LogP contribution in [0, 0.1) is 36.5 Å². The number of aliphatic carboxylic acids is 1. The highest BCUT2D eigenvalue weighted by Gasteiger charge is 2.48. The number of hydrogen-bond donors (Lipinski definition) is 2. The number of hydrogen-bond acceptors (Lipinski definition) is 7. The second kappa shape index (κ2) is 11.8. The summed E-state index contributed by atoms with van der Waals surface area (Å²) in [5.74, 6) is 3.93. The fraction of sp³-hybridized carbons (Fsp3) is 0.724. The van der Waals surface area contributed by atoms with Gasteiger partial charge in [0.25, 0.3) is 5.91 Å². The molecule has 39 heavy (non-hydrogen) atoms. The zero-order valence-corrected chi connectivity index (χ0v) is 24.4. The standard InChI is InChI=1S/C29H40N4O4S2/c1-17-24(14-25(34)35)39-29(31-17)38-8-7-33-28(37-16-18-5-3-2-4-6-18)23(15-30-33)27(36)32-26-21-10-19-9-20(12-21)13-22(26)11-19/h15,18-22,26H,2-14,16H2,1H3,(H,32,36)(H,34,35). The predicted molar refractivity (Wildman–Crippen MR) is 152 cm³/mol. The van der Waals surface area contributed by atoms with Crippen molar-refractivity contribution in [2.24, 2.45) is 29.6 Å². The molecule has 10 heteroatoms. The maximum atomic E-state index is 13.6. The Morgan fingerprint density at radius 2 is 1.85 bits per heavy atom. The van der Waals surface area contributed by atoms with E-state index in [9.17, 15) is 9.59 Å². The van der Waals surface area contributed by atoms with Crippen LogP contribution in [-0.4, -0.2) is 50.1 Å². The van der Waals surface area contributed by atoms with Crippen molar-refractivity contribution in [2.45, 2.75) is 94.5 Å². The van der Waals surface area contributed by atoms with E-state index in [0.29, 0.717) is 48.1 Å². The molecule has 2 aromatic heterocycles. The molecule has 1 amide bonds. The zero-order valence-electron chi connectivity index (χ0n) is 22.8. The van der Waals surface area contributed by atoms with E-state index in [1.807, 2.05) is 11.6 Å². The van der Waals surface area contributed by atoms with Crippen LogP contribution in [0.25, 0.3) is 0 Å². The predicted octanol–water partition coefficient (Wildman–Crippen LogP) is 5.58. The summed E-state index contributed by atoms with van der Waals surface area (Å²) < 4.78 is 9.09. The lowest BCUT2D eigenvalue weighted by Gasteiger charge is -2.54. The molecule has 0 radical (unpaired) electrons. The Morgan fingerprint density at radius 1 is 1.13 bits per heavy atom. The molecule has 5 aliphatic carbocycles. The molecule has 2 heterocycles. The first kappa shape index (κ1) is 27.1. The summed E-state index contributed by atoms with van der Waals surface area (Å²) in [7, 11) is 0. The minimum Gasteiger partial charge on any atom is -0.481 e. The Labute approximate surface area is 238 Å². The summed E-state index contributed by atoms with van der Waals surface area (Å²) in [6.45, 7) is 3.07. The lowest BCUT2D eigenvalue weighted by molar-refractivity contribution is -0.136. The van der Waals surface area contributed by atoms with Crippen LogP contribution in [0.5, 0.6) is 5.88 Å². The lowest BCUT2D eigenvalue weighted by Crippen LogP contribution is -2.55. The SMILES string of the molecule is Cc1nc(SCCn2ncc(C(=O)NC3C4CC5CC(C4)CC3C5)c2OCC2CCCCC2)sc1CC(=O)O. The van der Waals surface area contributed by atoms with Crippen molar-refractivity contribution >= 4 is 35.0 Å². The third-order valence-corrected chi connectivity index (χ3v) is 11.7. The Morgan fingerprint density at radius 3 is 2.54 bits per heavy atom. The number of carbonyl (C=O) groups is 2. The summed E-state index contributed by atoms with van der Waals surface area (Å²) >= 11 is 3.03. The monoisotopic (exact) mass is 572 g/mol. The van der Waals surface area contributed by atoms with Crippen LogP contribution in [0.1, 0.15) is 85.1 Å². The first-order valence-corrected chi connectivity index (χ1v) is 16.5. The van der Waals surface area contributed by atoms with Crippen molar-refractivity contribution in [3.63, 3.8) is 0 Å².